The van der Waals surface area contributed by atoms with Gasteiger partial charge in [-0.05, 0) is 87.0 Å². The van der Waals surface area contributed by atoms with Gasteiger partial charge in [0.1, 0.15) is 5.58 Å². The first-order valence-corrected chi connectivity index (χ1v) is 24.6. The van der Waals surface area contributed by atoms with Crippen LogP contribution in [0.15, 0.2) is 229 Å². The molecule has 1 aliphatic rings. The van der Waals surface area contributed by atoms with Gasteiger partial charge >= 0.3 is 0 Å². The highest BCUT2D eigenvalue weighted by Crippen LogP contribution is 2.50. The molecule has 0 fully saturated rings. The number of rotatable bonds is 6. The van der Waals surface area contributed by atoms with Gasteiger partial charge in [0.2, 0.25) is 5.95 Å². The number of benzene rings is 10. The Labute approximate surface area is 414 Å². The minimum atomic E-state index is -0.195. The summed E-state index contributed by atoms with van der Waals surface area (Å²) in [6, 6.07) is 80.1. The maximum absolute atomic E-state index is 7.01. The van der Waals surface area contributed by atoms with Gasteiger partial charge in [-0.15, -0.1) is 0 Å². The molecule has 72 heavy (non-hydrogen) atoms. The molecular weight excluding hydrogens is 879 g/mol. The zero-order valence-corrected chi connectivity index (χ0v) is 39.5. The van der Waals surface area contributed by atoms with Crippen molar-refractivity contribution < 1.29 is 4.42 Å². The topological polar surface area (TPSA) is 61.7 Å². The van der Waals surface area contributed by atoms with Crippen molar-refractivity contribution in [3.8, 4) is 67.8 Å². The van der Waals surface area contributed by atoms with Gasteiger partial charge in [0, 0.05) is 48.9 Å². The largest absolute Gasteiger partial charge is 0.454 e. The van der Waals surface area contributed by atoms with E-state index in [4.69, 9.17) is 19.4 Å². The molecular formula is C66H43N5O. The van der Waals surface area contributed by atoms with Gasteiger partial charge in [0.05, 0.1) is 27.8 Å². The van der Waals surface area contributed by atoms with Crippen LogP contribution in [0, 0.1) is 0 Å². The zero-order chi connectivity index (χ0) is 47.7. The first-order chi connectivity index (χ1) is 35.5. The van der Waals surface area contributed by atoms with Crippen LogP contribution < -0.4 is 0 Å². The molecule has 6 heteroatoms. The fourth-order valence-electron chi connectivity index (χ4n) is 11.8. The van der Waals surface area contributed by atoms with Crippen LogP contribution in [-0.4, -0.2) is 24.1 Å². The monoisotopic (exact) mass is 921 g/mol. The van der Waals surface area contributed by atoms with E-state index >= 15 is 0 Å². The summed E-state index contributed by atoms with van der Waals surface area (Å²) < 4.78 is 11.7. The second-order valence-corrected chi connectivity index (χ2v) is 19.6. The van der Waals surface area contributed by atoms with Crippen LogP contribution in [0.5, 0.6) is 0 Å². The Hall–Kier alpha value is -9.39. The third-order valence-corrected chi connectivity index (χ3v) is 15.2. The predicted octanol–water partition coefficient (Wildman–Crippen LogP) is 16.9. The summed E-state index contributed by atoms with van der Waals surface area (Å²) in [5, 5.41) is 6.56. The summed E-state index contributed by atoms with van der Waals surface area (Å²) >= 11 is 0. The van der Waals surface area contributed by atoms with Gasteiger partial charge in [0.15, 0.2) is 17.2 Å². The molecule has 0 bridgehead atoms. The smallest absolute Gasteiger partial charge is 0.238 e. The molecule has 14 aromatic rings. The number of hydrogen-bond donors (Lipinski definition) is 0. The third-order valence-electron chi connectivity index (χ3n) is 15.2. The molecule has 6 nitrogen and oxygen atoms in total. The maximum Gasteiger partial charge on any atom is 0.238 e. The molecule has 0 atom stereocenters. The molecule has 4 heterocycles. The van der Waals surface area contributed by atoms with Gasteiger partial charge in [0.25, 0.3) is 0 Å². The van der Waals surface area contributed by atoms with Crippen molar-refractivity contribution in [1.82, 2.24) is 24.1 Å². The summed E-state index contributed by atoms with van der Waals surface area (Å²) in [5.74, 6) is 1.76. The quantitative estimate of drug-likeness (QED) is 0.167. The number of nitrogens with zero attached hydrogens (tertiary/aromatic N) is 5. The first-order valence-electron chi connectivity index (χ1n) is 24.6. The van der Waals surface area contributed by atoms with Crippen LogP contribution in [0.2, 0.25) is 0 Å². The van der Waals surface area contributed by atoms with Gasteiger partial charge < -0.3 is 8.98 Å². The van der Waals surface area contributed by atoms with Crippen molar-refractivity contribution in [2.45, 2.75) is 19.3 Å². The SMILES string of the molecule is CC1(C)c2ccccc2-c2ccc(-c3nc(-c4ccccc4)nc(-n4c5ccccc5c5ccc6c7ccccc7n(-c7cc(-c8cccc(-c9ccccc9)c8)cc8c7oc7ccccc78)c6c54)n3)cc21. The van der Waals surface area contributed by atoms with Crippen molar-refractivity contribution in [2.75, 3.05) is 0 Å². The van der Waals surface area contributed by atoms with E-state index in [0.29, 0.717) is 17.6 Å². The third kappa shape index (κ3) is 5.93. The number of fused-ring (bicyclic) bond motifs is 13. The summed E-state index contributed by atoms with van der Waals surface area (Å²) in [7, 11) is 0. The second-order valence-electron chi connectivity index (χ2n) is 19.6. The van der Waals surface area contributed by atoms with E-state index in [1.54, 1.807) is 0 Å². The Morgan fingerprint density at radius 1 is 0.361 bits per heavy atom. The van der Waals surface area contributed by atoms with Gasteiger partial charge in [-0.25, -0.2) is 4.98 Å². The van der Waals surface area contributed by atoms with Crippen molar-refractivity contribution in [2.24, 2.45) is 0 Å². The van der Waals surface area contributed by atoms with Crippen molar-refractivity contribution in [3.05, 3.63) is 236 Å². The highest BCUT2D eigenvalue weighted by Gasteiger charge is 2.36. The number of para-hydroxylation sites is 3. The molecule has 0 aliphatic heterocycles. The lowest BCUT2D eigenvalue weighted by Crippen LogP contribution is -2.15. The summed E-state index contributed by atoms with van der Waals surface area (Å²) in [6.45, 7) is 4.63. The second kappa shape index (κ2) is 15.3. The molecule has 0 unspecified atom stereocenters. The predicted molar refractivity (Wildman–Crippen MR) is 295 cm³/mol. The lowest BCUT2D eigenvalue weighted by atomic mass is 9.82. The minimum absolute atomic E-state index is 0.195. The Bertz CT molecular complexity index is 4540. The lowest BCUT2D eigenvalue weighted by Gasteiger charge is -2.21. The highest BCUT2D eigenvalue weighted by molar-refractivity contribution is 6.24. The Balaban J connectivity index is 1.04. The van der Waals surface area contributed by atoms with Crippen LogP contribution in [0.4, 0.5) is 0 Å². The molecule has 10 aromatic carbocycles. The van der Waals surface area contributed by atoms with E-state index in [0.717, 1.165) is 99.1 Å². The standard InChI is InChI=1S/C66H43N5O/c1-66(2)54-28-13-9-24-46(54)47-33-32-44(38-55(47)66)64-67-63(41-20-7-4-8-21-41)68-65(69-64)71-57-30-15-11-26-49(57)52-35-34-51-48-25-10-14-29-56(48)70(60(51)61(52)71)58-39-45(37-53-50-27-12-16-31-59(50)72-62(53)58)43-23-17-22-42(36-43)40-18-5-3-6-19-40/h3-39H,1-2H3. The molecule has 4 aromatic heterocycles. The van der Waals surface area contributed by atoms with E-state index in [-0.39, 0.29) is 5.41 Å². The van der Waals surface area contributed by atoms with Crippen molar-refractivity contribution >= 4 is 65.6 Å². The van der Waals surface area contributed by atoms with Gasteiger partial charge in [-0.2, -0.15) is 9.97 Å². The van der Waals surface area contributed by atoms with Crippen LogP contribution >= 0.6 is 0 Å². The van der Waals surface area contributed by atoms with Crippen LogP contribution in [-0.2, 0) is 5.41 Å². The van der Waals surface area contributed by atoms with E-state index in [1.807, 2.05) is 24.3 Å². The van der Waals surface area contributed by atoms with E-state index in [9.17, 15) is 0 Å². The van der Waals surface area contributed by atoms with E-state index < -0.39 is 0 Å². The first kappa shape index (κ1) is 40.5. The molecule has 15 rings (SSSR count). The Kier molecular flexibility index (Phi) is 8.61. The lowest BCUT2D eigenvalue weighted by molar-refractivity contribution is 0.660. The molecule has 0 N–H and O–H groups in total. The van der Waals surface area contributed by atoms with Crippen molar-refractivity contribution in [1.29, 1.82) is 0 Å². The summed E-state index contributed by atoms with van der Waals surface area (Å²) in [5.41, 5.74) is 18.0. The fraction of sp³-hybridized carbons (Fsp3) is 0.0455. The van der Waals surface area contributed by atoms with E-state index in [1.165, 1.54) is 27.8 Å². The molecule has 0 saturated heterocycles. The normalized spacial score (nSPS) is 13.0. The molecule has 0 saturated carbocycles. The number of furan rings is 1. The highest BCUT2D eigenvalue weighted by atomic mass is 16.3. The number of hydrogen-bond acceptors (Lipinski definition) is 4. The zero-order valence-electron chi connectivity index (χ0n) is 39.5. The van der Waals surface area contributed by atoms with Crippen LogP contribution in [0.3, 0.4) is 0 Å². The average molecular weight is 922 g/mol. The van der Waals surface area contributed by atoms with Crippen molar-refractivity contribution in [3.63, 3.8) is 0 Å². The van der Waals surface area contributed by atoms with Crippen LogP contribution in [0.1, 0.15) is 25.0 Å². The molecule has 1 aliphatic carbocycles. The Morgan fingerprint density at radius 2 is 0.931 bits per heavy atom. The Morgan fingerprint density at radius 3 is 1.68 bits per heavy atom. The summed E-state index contributed by atoms with van der Waals surface area (Å²) in [6.07, 6.45) is 0. The maximum atomic E-state index is 7.01. The van der Waals surface area contributed by atoms with Crippen LogP contribution in [0.25, 0.3) is 133 Å². The number of aromatic nitrogens is 5. The molecule has 0 radical (unpaired) electrons. The fourth-order valence-corrected chi connectivity index (χ4v) is 11.8. The summed E-state index contributed by atoms with van der Waals surface area (Å²) in [4.78, 5) is 16.3. The molecule has 338 valence electrons. The van der Waals surface area contributed by atoms with E-state index in [2.05, 4.69) is 223 Å². The van der Waals surface area contributed by atoms with Gasteiger partial charge in [-0.1, -0.05) is 196 Å². The minimum Gasteiger partial charge on any atom is -0.454 e. The molecule has 0 amide bonds. The molecule has 0 spiro atoms. The van der Waals surface area contributed by atoms with Gasteiger partial charge in [-0.3, -0.25) is 4.57 Å². The average Bonchev–Trinajstić information content (AvgIpc) is 4.16.